The highest BCUT2D eigenvalue weighted by Gasteiger charge is 2.11. The minimum absolute atomic E-state index is 0.733. The Balaban J connectivity index is 1.29. The monoisotopic (exact) mass is 490 g/mol. The topological polar surface area (TPSA) is 25.8 Å². The molecule has 0 fully saturated rings. The van der Waals surface area contributed by atoms with Gasteiger partial charge in [-0.1, -0.05) is 115 Å². The third-order valence-electron chi connectivity index (χ3n) is 6.72. The Morgan fingerprint density at radius 2 is 0.919 bits per heavy atom. The van der Waals surface area contributed by atoms with E-state index in [0.717, 1.165) is 33.9 Å². The van der Waals surface area contributed by atoms with Crippen LogP contribution in [0.1, 0.15) is 0 Å². The molecule has 7 rings (SSSR count). The molecule has 0 N–H and O–H groups in total. The molecule has 0 bridgehead atoms. The number of thiophene rings is 1. The summed E-state index contributed by atoms with van der Waals surface area (Å²) in [5, 5.41) is 2.65. The van der Waals surface area contributed by atoms with Crippen LogP contribution in [0.25, 0.3) is 65.2 Å². The molecule has 0 amide bonds. The molecule has 0 aliphatic carbocycles. The Kier molecular flexibility index (Phi) is 5.34. The van der Waals surface area contributed by atoms with Crippen LogP contribution in [0.3, 0.4) is 0 Å². The predicted molar refractivity (Wildman–Crippen MR) is 157 cm³/mol. The van der Waals surface area contributed by atoms with E-state index in [1.165, 1.54) is 31.3 Å². The van der Waals surface area contributed by atoms with Crippen molar-refractivity contribution in [3.05, 3.63) is 133 Å². The number of nitrogens with zero attached hydrogens (tertiary/aromatic N) is 2. The third-order valence-corrected chi connectivity index (χ3v) is 7.85. The fraction of sp³-hybridized carbons (Fsp3) is 0. The van der Waals surface area contributed by atoms with Gasteiger partial charge >= 0.3 is 0 Å². The van der Waals surface area contributed by atoms with E-state index in [1.807, 2.05) is 47.7 Å². The van der Waals surface area contributed by atoms with Crippen molar-refractivity contribution < 1.29 is 0 Å². The fourth-order valence-corrected chi connectivity index (χ4v) is 5.95. The molecular formula is C34H22N2S. The highest BCUT2D eigenvalue weighted by atomic mass is 32.1. The molecule has 0 saturated heterocycles. The second-order valence-corrected chi connectivity index (χ2v) is 10.2. The zero-order valence-electron chi connectivity index (χ0n) is 20.0. The molecule has 0 atom stereocenters. The molecule has 2 heterocycles. The van der Waals surface area contributed by atoms with E-state index in [0.29, 0.717) is 0 Å². The lowest BCUT2D eigenvalue weighted by Crippen LogP contribution is -1.95. The molecule has 0 unspecified atom stereocenters. The molecule has 0 saturated carbocycles. The van der Waals surface area contributed by atoms with E-state index < -0.39 is 0 Å². The first kappa shape index (κ1) is 21.7. The van der Waals surface area contributed by atoms with Gasteiger partial charge in [0.1, 0.15) is 0 Å². The predicted octanol–water partition coefficient (Wildman–Crippen LogP) is 9.51. The first-order valence-corrected chi connectivity index (χ1v) is 13.2. The van der Waals surface area contributed by atoms with Crippen LogP contribution in [0.5, 0.6) is 0 Å². The quantitative estimate of drug-likeness (QED) is 0.245. The fourth-order valence-electron chi connectivity index (χ4n) is 4.81. The Labute approximate surface area is 219 Å². The van der Waals surface area contributed by atoms with E-state index in [4.69, 9.17) is 9.97 Å². The number of hydrogen-bond donors (Lipinski definition) is 0. The van der Waals surface area contributed by atoms with E-state index in [2.05, 4.69) is 97.1 Å². The van der Waals surface area contributed by atoms with Gasteiger partial charge in [-0.25, -0.2) is 9.97 Å². The summed E-state index contributed by atoms with van der Waals surface area (Å²) in [6.07, 6.45) is 0. The lowest BCUT2D eigenvalue weighted by atomic mass is 10.0. The molecule has 3 heteroatoms. The number of hydrogen-bond acceptors (Lipinski definition) is 3. The van der Waals surface area contributed by atoms with Gasteiger partial charge in [-0.05, 0) is 29.3 Å². The van der Waals surface area contributed by atoms with Crippen molar-refractivity contribution in [2.45, 2.75) is 0 Å². The van der Waals surface area contributed by atoms with Gasteiger partial charge in [0.05, 0.1) is 11.4 Å². The summed E-state index contributed by atoms with van der Waals surface area (Å²) >= 11 is 1.85. The largest absolute Gasteiger partial charge is 0.228 e. The number of aromatic nitrogens is 2. The molecule has 0 aliphatic heterocycles. The van der Waals surface area contributed by atoms with E-state index in [1.54, 1.807) is 0 Å². The molecule has 0 radical (unpaired) electrons. The maximum Gasteiger partial charge on any atom is 0.160 e. The van der Waals surface area contributed by atoms with Gasteiger partial charge in [0.2, 0.25) is 0 Å². The normalized spacial score (nSPS) is 11.2. The van der Waals surface area contributed by atoms with Crippen molar-refractivity contribution in [1.29, 1.82) is 0 Å². The van der Waals surface area contributed by atoms with E-state index in [9.17, 15) is 0 Å². The van der Waals surface area contributed by atoms with Gasteiger partial charge < -0.3 is 0 Å². The Hall–Kier alpha value is -4.60. The maximum absolute atomic E-state index is 4.96. The van der Waals surface area contributed by atoms with Crippen molar-refractivity contribution in [3.63, 3.8) is 0 Å². The molecule has 0 aliphatic rings. The van der Waals surface area contributed by atoms with Gasteiger partial charge in [0.15, 0.2) is 5.82 Å². The van der Waals surface area contributed by atoms with Crippen LogP contribution >= 0.6 is 11.3 Å². The molecule has 7 aromatic rings. The van der Waals surface area contributed by atoms with Crippen LogP contribution in [0, 0.1) is 0 Å². The van der Waals surface area contributed by atoms with Crippen LogP contribution in [0.2, 0.25) is 0 Å². The molecule has 2 aromatic heterocycles. The minimum atomic E-state index is 0.733. The summed E-state index contributed by atoms with van der Waals surface area (Å²) in [7, 11) is 0. The number of benzene rings is 5. The molecular weight excluding hydrogens is 468 g/mol. The van der Waals surface area contributed by atoms with Crippen molar-refractivity contribution in [1.82, 2.24) is 9.97 Å². The van der Waals surface area contributed by atoms with Crippen LogP contribution in [-0.2, 0) is 0 Å². The van der Waals surface area contributed by atoms with Crippen LogP contribution in [0.4, 0.5) is 0 Å². The smallest absolute Gasteiger partial charge is 0.160 e. The van der Waals surface area contributed by atoms with Gasteiger partial charge in [0, 0.05) is 36.9 Å². The van der Waals surface area contributed by atoms with Gasteiger partial charge in [-0.15, -0.1) is 11.3 Å². The third kappa shape index (κ3) is 4.10. The second-order valence-electron chi connectivity index (χ2n) is 9.08. The molecule has 5 aromatic carbocycles. The highest BCUT2D eigenvalue weighted by molar-refractivity contribution is 7.25. The first-order valence-electron chi connectivity index (χ1n) is 12.3. The Morgan fingerprint density at radius 1 is 0.378 bits per heavy atom. The molecule has 0 spiro atoms. The van der Waals surface area contributed by atoms with Crippen molar-refractivity contribution in [2.24, 2.45) is 0 Å². The molecule has 2 nitrogen and oxygen atoms in total. The van der Waals surface area contributed by atoms with Crippen LogP contribution < -0.4 is 0 Å². The standard InChI is InChI=1S/C34H22N2S/c1-3-9-24(10-4-1)30-22-31(36-34(35-30)26-11-5-2-6-12-26)25-17-15-23(16-18-25)27-19-20-29-28-13-7-8-14-32(28)37-33(29)21-27/h1-22H. The van der Waals surface area contributed by atoms with Gasteiger partial charge in [0.25, 0.3) is 0 Å². The maximum atomic E-state index is 4.96. The summed E-state index contributed by atoms with van der Waals surface area (Å²) in [5.74, 6) is 0.733. The lowest BCUT2D eigenvalue weighted by Gasteiger charge is -2.10. The Bertz CT molecular complexity index is 1800. The minimum Gasteiger partial charge on any atom is -0.228 e. The highest BCUT2D eigenvalue weighted by Crippen LogP contribution is 2.36. The summed E-state index contributed by atoms with van der Waals surface area (Å²) in [6, 6.07) is 46.7. The summed E-state index contributed by atoms with van der Waals surface area (Å²) in [6.45, 7) is 0. The molecule has 37 heavy (non-hydrogen) atoms. The first-order chi connectivity index (χ1) is 18.3. The number of rotatable bonds is 4. The molecule has 174 valence electrons. The van der Waals surface area contributed by atoms with Crippen molar-refractivity contribution in [2.75, 3.05) is 0 Å². The summed E-state index contributed by atoms with van der Waals surface area (Å²) in [4.78, 5) is 9.86. The lowest BCUT2D eigenvalue weighted by molar-refractivity contribution is 1.18. The second kappa shape index (κ2) is 9.12. The SMILES string of the molecule is c1ccc(-c2cc(-c3ccc(-c4ccc5c(c4)sc4ccccc45)cc3)nc(-c3ccccc3)n2)cc1. The number of fused-ring (bicyclic) bond motifs is 3. The van der Waals surface area contributed by atoms with Crippen molar-refractivity contribution in [3.8, 4) is 45.0 Å². The summed E-state index contributed by atoms with van der Waals surface area (Å²) in [5.41, 5.74) is 7.42. The zero-order valence-corrected chi connectivity index (χ0v) is 20.8. The van der Waals surface area contributed by atoms with E-state index >= 15 is 0 Å². The van der Waals surface area contributed by atoms with Crippen LogP contribution in [0.15, 0.2) is 133 Å². The average Bonchev–Trinajstić information content (AvgIpc) is 3.36. The average molecular weight is 491 g/mol. The van der Waals surface area contributed by atoms with Gasteiger partial charge in [-0.2, -0.15) is 0 Å². The Morgan fingerprint density at radius 3 is 1.65 bits per heavy atom. The van der Waals surface area contributed by atoms with Crippen LogP contribution in [-0.4, -0.2) is 9.97 Å². The van der Waals surface area contributed by atoms with Crippen molar-refractivity contribution >= 4 is 31.5 Å². The zero-order chi connectivity index (χ0) is 24.6. The summed E-state index contributed by atoms with van der Waals surface area (Å²) < 4.78 is 2.65. The van der Waals surface area contributed by atoms with E-state index in [-0.39, 0.29) is 0 Å². The van der Waals surface area contributed by atoms with Gasteiger partial charge in [-0.3, -0.25) is 0 Å².